The van der Waals surface area contributed by atoms with Gasteiger partial charge in [0.2, 0.25) is 0 Å². The average molecular weight is 194 g/mol. The molecule has 0 saturated heterocycles. The summed E-state index contributed by atoms with van der Waals surface area (Å²) in [4.78, 5) is 0. The maximum Gasteiger partial charge on any atom is 0.0692 e. The van der Waals surface area contributed by atoms with Crippen LogP contribution in [0.25, 0.3) is 0 Å². The van der Waals surface area contributed by atoms with Crippen LogP contribution >= 0.6 is 0 Å². The zero-order valence-electron chi connectivity index (χ0n) is 9.51. The predicted molar refractivity (Wildman–Crippen MR) is 57.1 cm³/mol. The van der Waals surface area contributed by atoms with E-state index in [1.807, 2.05) is 0 Å². The standard InChI is InChI=1S/C13H22O/c1-3-14-13-7-10-4-11(8-13)6-12(2,5-10)9-13/h10-11H,3-9H2,1-2H3. The minimum absolute atomic E-state index is 0.313. The molecule has 4 bridgehead atoms. The molecule has 4 aliphatic rings. The molecule has 14 heavy (non-hydrogen) atoms. The molecular formula is C13H22O. The van der Waals surface area contributed by atoms with Crippen LogP contribution in [-0.2, 0) is 4.74 Å². The van der Waals surface area contributed by atoms with Gasteiger partial charge in [-0.2, -0.15) is 0 Å². The Bertz CT molecular complexity index is 232. The molecular weight excluding hydrogens is 172 g/mol. The molecule has 4 aliphatic carbocycles. The van der Waals surface area contributed by atoms with Crippen LogP contribution < -0.4 is 0 Å². The first-order valence-electron chi connectivity index (χ1n) is 6.27. The molecule has 0 spiro atoms. The Morgan fingerprint density at radius 1 is 1.14 bits per heavy atom. The third kappa shape index (κ3) is 1.25. The van der Waals surface area contributed by atoms with Gasteiger partial charge in [0.1, 0.15) is 0 Å². The van der Waals surface area contributed by atoms with Gasteiger partial charge >= 0.3 is 0 Å². The van der Waals surface area contributed by atoms with Crippen LogP contribution in [0.15, 0.2) is 0 Å². The fraction of sp³-hybridized carbons (Fsp3) is 1.00. The van der Waals surface area contributed by atoms with Gasteiger partial charge in [-0.3, -0.25) is 0 Å². The maximum atomic E-state index is 6.11. The number of hydrogen-bond acceptors (Lipinski definition) is 1. The first-order chi connectivity index (χ1) is 6.63. The highest BCUT2D eigenvalue weighted by atomic mass is 16.5. The van der Waals surface area contributed by atoms with E-state index in [9.17, 15) is 0 Å². The Kier molecular flexibility index (Phi) is 1.81. The molecule has 0 aliphatic heterocycles. The average Bonchev–Trinajstić information content (AvgIpc) is 1.97. The SMILES string of the molecule is CCOC12CC3CC(CC(C)(C3)C1)C2. The third-order valence-corrected chi connectivity index (χ3v) is 4.75. The van der Waals surface area contributed by atoms with Crippen LogP contribution in [0.5, 0.6) is 0 Å². The highest BCUT2D eigenvalue weighted by Gasteiger charge is 2.56. The summed E-state index contributed by atoms with van der Waals surface area (Å²) in [5, 5.41) is 0. The molecule has 0 N–H and O–H groups in total. The predicted octanol–water partition coefficient (Wildman–Crippen LogP) is 3.38. The second-order valence-electron chi connectivity index (χ2n) is 6.39. The molecule has 0 amide bonds. The van der Waals surface area contributed by atoms with E-state index in [0.717, 1.165) is 18.4 Å². The Hall–Kier alpha value is -0.0400. The second-order valence-corrected chi connectivity index (χ2v) is 6.39. The van der Waals surface area contributed by atoms with Gasteiger partial charge in [-0.1, -0.05) is 6.92 Å². The van der Waals surface area contributed by atoms with E-state index in [4.69, 9.17) is 4.74 Å². The van der Waals surface area contributed by atoms with Crippen molar-refractivity contribution in [1.29, 1.82) is 0 Å². The number of ether oxygens (including phenoxy) is 1. The lowest BCUT2D eigenvalue weighted by Crippen LogP contribution is -2.55. The first kappa shape index (κ1) is 9.21. The normalized spacial score (nSPS) is 55.3. The molecule has 0 heterocycles. The zero-order chi connectivity index (χ0) is 9.81. The summed E-state index contributed by atoms with van der Waals surface area (Å²) in [6.45, 7) is 5.56. The molecule has 0 aromatic heterocycles. The Balaban J connectivity index is 1.89. The van der Waals surface area contributed by atoms with E-state index in [2.05, 4.69) is 13.8 Å². The zero-order valence-corrected chi connectivity index (χ0v) is 9.51. The number of hydrogen-bond donors (Lipinski definition) is 0. The van der Waals surface area contributed by atoms with Crippen molar-refractivity contribution in [3.63, 3.8) is 0 Å². The Morgan fingerprint density at radius 3 is 2.29 bits per heavy atom. The van der Waals surface area contributed by atoms with Crippen LogP contribution in [0.2, 0.25) is 0 Å². The van der Waals surface area contributed by atoms with Gasteiger partial charge in [0.05, 0.1) is 5.60 Å². The van der Waals surface area contributed by atoms with E-state index in [-0.39, 0.29) is 0 Å². The molecule has 2 unspecified atom stereocenters. The quantitative estimate of drug-likeness (QED) is 0.655. The van der Waals surface area contributed by atoms with Crippen LogP contribution in [0.1, 0.15) is 52.4 Å². The Morgan fingerprint density at radius 2 is 1.79 bits per heavy atom. The van der Waals surface area contributed by atoms with Crippen LogP contribution in [-0.4, -0.2) is 12.2 Å². The Labute approximate surface area is 87.2 Å². The van der Waals surface area contributed by atoms with Gasteiger partial charge in [-0.05, 0) is 62.7 Å². The van der Waals surface area contributed by atoms with Crippen molar-refractivity contribution >= 4 is 0 Å². The monoisotopic (exact) mass is 194 g/mol. The molecule has 2 atom stereocenters. The fourth-order valence-corrected chi connectivity index (χ4v) is 5.10. The first-order valence-corrected chi connectivity index (χ1v) is 6.27. The highest BCUT2D eigenvalue weighted by molar-refractivity contribution is 5.07. The highest BCUT2D eigenvalue weighted by Crippen LogP contribution is 2.62. The topological polar surface area (TPSA) is 9.23 Å². The molecule has 0 aromatic rings. The van der Waals surface area contributed by atoms with Crippen molar-refractivity contribution < 1.29 is 4.74 Å². The van der Waals surface area contributed by atoms with Gasteiger partial charge in [-0.15, -0.1) is 0 Å². The largest absolute Gasteiger partial charge is 0.375 e. The lowest BCUT2D eigenvalue weighted by Gasteiger charge is -2.60. The van der Waals surface area contributed by atoms with Gasteiger partial charge in [-0.25, -0.2) is 0 Å². The van der Waals surface area contributed by atoms with E-state index >= 15 is 0 Å². The van der Waals surface area contributed by atoms with Crippen LogP contribution in [0.4, 0.5) is 0 Å². The van der Waals surface area contributed by atoms with E-state index in [0.29, 0.717) is 11.0 Å². The van der Waals surface area contributed by atoms with Crippen molar-refractivity contribution in [1.82, 2.24) is 0 Å². The van der Waals surface area contributed by atoms with Gasteiger partial charge in [0.25, 0.3) is 0 Å². The molecule has 0 aromatic carbocycles. The van der Waals surface area contributed by atoms with E-state index in [1.165, 1.54) is 38.5 Å². The van der Waals surface area contributed by atoms with Crippen molar-refractivity contribution in [2.45, 2.75) is 58.0 Å². The molecule has 80 valence electrons. The second kappa shape index (κ2) is 2.75. The van der Waals surface area contributed by atoms with Gasteiger partial charge in [0, 0.05) is 6.61 Å². The van der Waals surface area contributed by atoms with Crippen molar-refractivity contribution in [3.8, 4) is 0 Å². The minimum atomic E-state index is 0.313. The lowest BCUT2D eigenvalue weighted by atomic mass is 9.48. The summed E-state index contributed by atoms with van der Waals surface area (Å²) in [7, 11) is 0. The summed E-state index contributed by atoms with van der Waals surface area (Å²) < 4.78 is 6.11. The summed E-state index contributed by atoms with van der Waals surface area (Å²) in [6, 6.07) is 0. The summed E-state index contributed by atoms with van der Waals surface area (Å²) in [5.74, 6) is 1.99. The van der Waals surface area contributed by atoms with Crippen LogP contribution in [0, 0.1) is 17.3 Å². The van der Waals surface area contributed by atoms with E-state index < -0.39 is 0 Å². The number of rotatable bonds is 2. The minimum Gasteiger partial charge on any atom is -0.375 e. The summed E-state index contributed by atoms with van der Waals surface area (Å²) in [6.07, 6.45) is 8.56. The van der Waals surface area contributed by atoms with Crippen molar-refractivity contribution in [2.24, 2.45) is 17.3 Å². The summed E-state index contributed by atoms with van der Waals surface area (Å²) in [5.41, 5.74) is 0.951. The fourth-order valence-electron chi connectivity index (χ4n) is 5.10. The molecule has 4 saturated carbocycles. The smallest absolute Gasteiger partial charge is 0.0692 e. The van der Waals surface area contributed by atoms with Crippen molar-refractivity contribution in [2.75, 3.05) is 6.61 Å². The lowest BCUT2D eigenvalue weighted by molar-refractivity contribution is -0.185. The van der Waals surface area contributed by atoms with E-state index in [1.54, 1.807) is 0 Å². The molecule has 1 nitrogen and oxygen atoms in total. The van der Waals surface area contributed by atoms with Crippen LogP contribution in [0.3, 0.4) is 0 Å². The molecule has 0 radical (unpaired) electrons. The molecule has 4 fully saturated rings. The van der Waals surface area contributed by atoms with Crippen molar-refractivity contribution in [3.05, 3.63) is 0 Å². The molecule has 1 heteroatoms. The van der Waals surface area contributed by atoms with Gasteiger partial charge < -0.3 is 4.74 Å². The molecule has 4 rings (SSSR count). The third-order valence-electron chi connectivity index (χ3n) is 4.75. The summed E-state index contributed by atoms with van der Waals surface area (Å²) >= 11 is 0. The van der Waals surface area contributed by atoms with Gasteiger partial charge in [0.15, 0.2) is 0 Å². The maximum absolute atomic E-state index is 6.11.